The molecule has 4 aliphatic rings. The van der Waals surface area contributed by atoms with Gasteiger partial charge in [-0.3, -0.25) is 4.79 Å². The highest BCUT2D eigenvalue weighted by molar-refractivity contribution is 8.22. The van der Waals surface area contributed by atoms with E-state index in [0.29, 0.717) is 11.2 Å². The molecule has 5 rings (SSSR count). The number of amides is 1. The number of fused-ring (bicyclic) bond motifs is 6. The van der Waals surface area contributed by atoms with E-state index in [2.05, 4.69) is 35.3 Å². The molecule has 0 N–H and O–H groups in total. The molecule has 6 unspecified atom stereocenters. The maximum absolute atomic E-state index is 11.8. The first-order chi connectivity index (χ1) is 10.3. The van der Waals surface area contributed by atoms with Crippen molar-refractivity contribution < 1.29 is 4.79 Å². The Balaban J connectivity index is 1.62. The Bertz CT molecular complexity index is 629. The Morgan fingerprint density at radius 2 is 1.86 bits per heavy atom. The zero-order chi connectivity index (χ0) is 14.0. The van der Waals surface area contributed by atoms with Gasteiger partial charge in [-0.25, -0.2) is 4.99 Å². The predicted octanol–water partition coefficient (Wildman–Crippen LogP) is 4.57. The summed E-state index contributed by atoms with van der Waals surface area (Å²) in [5.74, 6) is 2.97. The number of hydrogen-bond acceptors (Lipinski definition) is 3. The van der Waals surface area contributed by atoms with Crippen LogP contribution in [-0.2, 0) is 0 Å². The lowest BCUT2D eigenvalue weighted by Gasteiger charge is -2.43. The van der Waals surface area contributed by atoms with Gasteiger partial charge in [0.05, 0.1) is 10.3 Å². The van der Waals surface area contributed by atoms with Crippen molar-refractivity contribution in [1.29, 1.82) is 0 Å². The molecule has 1 saturated heterocycles. The van der Waals surface area contributed by atoms with E-state index in [0.717, 1.165) is 22.8 Å². The second kappa shape index (κ2) is 4.63. The summed E-state index contributed by atoms with van der Waals surface area (Å²) in [7, 11) is 0. The van der Waals surface area contributed by atoms with Gasteiger partial charge >= 0.3 is 5.24 Å². The van der Waals surface area contributed by atoms with Gasteiger partial charge in [-0.1, -0.05) is 42.1 Å². The number of hydrogen-bond donors (Lipinski definition) is 0. The fraction of sp³-hybridized carbons (Fsp3) is 0.529. The summed E-state index contributed by atoms with van der Waals surface area (Å²) in [5, 5.41) is 2.13. The Morgan fingerprint density at radius 3 is 2.71 bits per heavy atom. The van der Waals surface area contributed by atoms with E-state index in [-0.39, 0.29) is 10.5 Å². The van der Waals surface area contributed by atoms with Gasteiger partial charge in [0.25, 0.3) is 0 Å². The van der Waals surface area contributed by atoms with Crippen LogP contribution in [0.4, 0.5) is 4.79 Å². The fourth-order valence-electron chi connectivity index (χ4n) is 5.03. The molecule has 21 heavy (non-hydrogen) atoms. The van der Waals surface area contributed by atoms with E-state index >= 15 is 0 Å². The maximum atomic E-state index is 11.8. The summed E-state index contributed by atoms with van der Waals surface area (Å²) in [6.45, 7) is 0. The number of rotatable bonds is 1. The van der Waals surface area contributed by atoms with Crippen molar-refractivity contribution in [3.63, 3.8) is 0 Å². The highest BCUT2D eigenvalue weighted by Crippen LogP contribution is 2.63. The molecule has 0 spiro atoms. The third-order valence-corrected chi connectivity index (χ3v) is 8.53. The van der Waals surface area contributed by atoms with Crippen molar-refractivity contribution in [3.05, 3.63) is 35.9 Å². The molecule has 2 aliphatic heterocycles. The Kier molecular flexibility index (Phi) is 2.81. The molecule has 4 heteroatoms. The molecular formula is C17H17NOS2. The Labute approximate surface area is 133 Å². The number of nitrogens with zero attached hydrogens (tertiary/aromatic N) is 1. The van der Waals surface area contributed by atoms with Crippen LogP contribution in [0.1, 0.15) is 30.7 Å². The van der Waals surface area contributed by atoms with Crippen LogP contribution in [0.15, 0.2) is 35.3 Å². The van der Waals surface area contributed by atoms with Gasteiger partial charge in [-0.15, -0.1) is 11.8 Å². The van der Waals surface area contributed by atoms with E-state index in [1.807, 2.05) is 11.8 Å². The summed E-state index contributed by atoms with van der Waals surface area (Å²) >= 11 is 3.41. The molecule has 2 aliphatic carbocycles. The minimum Gasteiger partial charge on any atom is -0.259 e. The summed E-state index contributed by atoms with van der Waals surface area (Å²) in [5.41, 5.74) is 1.42. The van der Waals surface area contributed by atoms with Crippen molar-refractivity contribution in [2.24, 2.45) is 22.7 Å². The topological polar surface area (TPSA) is 29.4 Å². The highest BCUT2D eigenvalue weighted by atomic mass is 32.2. The molecule has 2 nitrogen and oxygen atoms in total. The number of carbonyl (C=O) groups is 1. The molecule has 2 bridgehead atoms. The first-order valence-electron chi connectivity index (χ1n) is 7.82. The lowest BCUT2D eigenvalue weighted by atomic mass is 9.74. The van der Waals surface area contributed by atoms with Gasteiger partial charge in [-0.05, 0) is 42.6 Å². The van der Waals surface area contributed by atoms with Gasteiger partial charge in [0, 0.05) is 11.2 Å². The minimum absolute atomic E-state index is 0.0238. The lowest BCUT2D eigenvalue weighted by Crippen LogP contribution is -2.42. The van der Waals surface area contributed by atoms with Gasteiger partial charge in [0.1, 0.15) is 0 Å². The monoisotopic (exact) mass is 315 g/mol. The molecule has 108 valence electrons. The molecule has 1 amide bonds. The first-order valence-corrected chi connectivity index (χ1v) is 9.58. The van der Waals surface area contributed by atoms with Crippen LogP contribution in [-0.4, -0.2) is 20.8 Å². The molecule has 3 fully saturated rings. The van der Waals surface area contributed by atoms with E-state index in [1.165, 1.54) is 36.6 Å². The van der Waals surface area contributed by atoms with Crippen molar-refractivity contribution >= 4 is 33.8 Å². The van der Waals surface area contributed by atoms with Crippen LogP contribution in [0.5, 0.6) is 0 Å². The van der Waals surface area contributed by atoms with Crippen LogP contribution in [0.25, 0.3) is 0 Å². The van der Waals surface area contributed by atoms with Crippen molar-refractivity contribution in [2.75, 3.05) is 0 Å². The van der Waals surface area contributed by atoms with Gasteiger partial charge in [0.2, 0.25) is 0 Å². The van der Waals surface area contributed by atoms with Crippen molar-refractivity contribution in [2.45, 2.75) is 35.7 Å². The molecule has 0 radical (unpaired) electrons. The maximum Gasteiger partial charge on any atom is 0.306 e. The summed E-state index contributed by atoms with van der Waals surface area (Å²) in [6.07, 6.45) is 4.19. The zero-order valence-electron chi connectivity index (χ0n) is 11.6. The SMILES string of the molecule is O=C1N=C2SC3C4CCC(C4)C3C(c3ccccc3)C2S1. The average Bonchev–Trinajstić information content (AvgIpc) is 3.18. The highest BCUT2D eigenvalue weighted by Gasteiger charge is 2.58. The van der Waals surface area contributed by atoms with Crippen LogP contribution in [0.3, 0.4) is 0 Å². The lowest BCUT2D eigenvalue weighted by molar-refractivity contribution is 0.268. The number of carbonyl (C=O) groups excluding carboxylic acids is 1. The van der Waals surface area contributed by atoms with E-state index < -0.39 is 0 Å². The first kappa shape index (κ1) is 12.8. The summed E-state index contributed by atoms with van der Waals surface area (Å²) in [4.78, 5) is 16.2. The Morgan fingerprint density at radius 1 is 1.05 bits per heavy atom. The third-order valence-electron chi connectivity index (χ3n) is 5.76. The predicted molar refractivity (Wildman–Crippen MR) is 89.1 cm³/mol. The van der Waals surface area contributed by atoms with Gasteiger partial charge in [-0.2, -0.15) is 0 Å². The molecule has 0 aromatic heterocycles. The largest absolute Gasteiger partial charge is 0.306 e. The van der Waals surface area contributed by atoms with E-state index in [9.17, 15) is 4.79 Å². The smallest absolute Gasteiger partial charge is 0.259 e. The number of thioether (sulfide) groups is 2. The van der Waals surface area contributed by atoms with Gasteiger partial charge in [0.15, 0.2) is 0 Å². The van der Waals surface area contributed by atoms with Crippen LogP contribution >= 0.6 is 23.5 Å². The summed E-state index contributed by atoms with van der Waals surface area (Å²) in [6, 6.07) is 10.9. The molecule has 1 aromatic carbocycles. The number of aliphatic imine (C=N–C) groups is 1. The second-order valence-electron chi connectivity index (χ2n) is 6.68. The Hall–Kier alpha value is -0.740. The third kappa shape index (κ3) is 1.81. The molecule has 2 heterocycles. The van der Waals surface area contributed by atoms with Gasteiger partial charge < -0.3 is 0 Å². The molecular weight excluding hydrogens is 298 g/mol. The zero-order valence-corrected chi connectivity index (χ0v) is 13.3. The minimum atomic E-state index is 0.0238. The number of benzene rings is 1. The van der Waals surface area contributed by atoms with Crippen LogP contribution < -0.4 is 0 Å². The summed E-state index contributed by atoms with van der Waals surface area (Å²) < 4.78 is 0. The van der Waals surface area contributed by atoms with Crippen LogP contribution in [0, 0.1) is 17.8 Å². The second-order valence-corrected chi connectivity index (χ2v) is 8.98. The standard InChI is InChI=1S/C17H17NOS2/c19-17-18-16-15(21-17)12(9-4-2-1-3-5-9)13-10-6-7-11(8-10)14(13)20-16/h1-5,10-15H,6-8H2. The van der Waals surface area contributed by atoms with Crippen molar-refractivity contribution in [3.8, 4) is 0 Å². The normalized spacial score (nSPS) is 43.6. The molecule has 2 saturated carbocycles. The van der Waals surface area contributed by atoms with Crippen molar-refractivity contribution in [1.82, 2.24) is 0 Å². The van der Waals surface area contributed by atoms with E-state index in [1.54, 1.807) is 0 Å². The molecule has 6 atom stereocenters. The van der Waals surface area contributed by atoms with Crippen LogP contribution in [0.2, 0.25) is 0 Å². The quantitative estimate of drug-likeness (QED) is 0.760. The fourth-order valence-corrected chi connectivity index (χ4v) is 8.09. The van der Waals surface area contributed by atoms with E-state index in [4.69, 9.17) is 0 Å². The average molecular weight is 315 g/mol. The molecule has 1 aromatic rings.